The van der Waals surface area contributed by atoms with Crippen LogP contribution in [0.15, 0.2) is 29.2 Å². The molecule has 0 aromatic rings. The minimum absolute atomic E-state index is 0. The molecule has 2 unspecified atom stereocenters. The molecule has 0 aliphatic carbocycles. The Morgan fingerprint density at radius 3 is 2.88 bits per heavy atom. The van der Waals surface area contributed by atoms with E-state index in [1.807, 2.05) is 44.3 Å². The van der Waals surface area contributed by atoms with Gasteiger partial charge in [0.15, 0.2) is 6.73 Å². The Kier molecular flexibility index (Phi) is 7.61. The molecule has 2 N–H and O–H groups in total. The third-order valence-corrected chi connectivity index (χ3v) is 2.43. The van der Waals surface area contributed by atoms with Crippen LogP contribution in [0.5, 0.6) is 0 Å². The van der Waals surface area contributed by atoms with Crippen LogP contribution in [0.2, 0.25) is 0 Å². The second-order valence-electron chi connectivity index (χ2n) is 4.06. The average molecular weight is 262 g/mol. The van der Waals surface area contributed by atoms with E-state index in [0.29, 0.717) is 13.3 Å². The van der Waals surface area contributed by atoms with Gasteiger partial charge in [0.25, 0.3) is 0 Å². The highest BCUT2D eigenvalue weighted by molar-refractivity contribution is 5.61. The monoisotopic (exact) mass is 261 g/mol. The van der Waals surface area contributed by atoms with Crippen molar-refractivity contribution in [2.24, 2.45) is 5.16 Å². The topological polar surface area (TPSA) is 49.5 Å². The van der Waals surface area contributed by atoms with Crippen LogP contribution in [-0.2, 0) is 4.74 Å². The zero-order chi connectivity index (χ0) is 12.0. The van der Waals surface area contributed by atoms with Gasteiger partial charge in [-0.3, -0.25) is 4.90 Å². The van der Waals surface area contributed by atoms with Gasteiger partial charge >= 0.3 is 0 Å². The summed E-state index contributed by atoms with van der Waals surface area (Å²) in [6.45, 7) is 5.26. The van der Waals surface area contributed by atoms with Crippen molar-refractivity contribution in [2.45, 2.75) is 20.0 Å². The predicted octanol–water partition coefficient (Wildman–Crippen LogP) is -2.98. The Bertz CT molecular complexity index is 301. The van der Waals surface area contributed by atoms with E-state index in [4.69, 9.17) is 9.94 Å². The zero-order valence-corrected chi connectivity index (χ0v) is 11.2. The molecule has 5 nitrogen and oxygen atoms in total. The molecule has 0 aromatic heterocycles. The highest BCUT2D eigenvalue weighted by Gasteiger charge is 2.27. The van der Waals surface area contributed by atoms with Crippen molar-refractivity contribution in [3.05, 3.63) is 24.0 Å². The standard InChI is InChI=1S/C11H19N3O2.ClH/c1-10(2)4-7-16-9-14-6-5-13(3)11(14)8-12-15;/h4-6,8,11,15H,7,9H2,1-3H3;1H/b12-8-;. The minimum Gasteiger partial charge on any atom is -1.00 e. The van der Waals surface area contributed by atoms with Crippen molar-refractivity contribution in [2.75, 3.05) is 20.4 Å². The largest absolute Gasteiger partial charge is 1.00 e. The Morgan fingerprint density at radius 1 is 1.59 bits per heavy atom. The second-order valence-corrected chi connectivity index (χ2v) is 4.06. The Morgan fingerprint density at radius 2 is 2.29 bits per heavy atom. The van der Waals surface area contributed by atoms with Gasteiger partial charge in [0, 0.05) is 7.05 Å². The average Bonchev–Trinajstić information content (AvgIpc) is 2.56. The van der Waals surface area contributed by atoms with Crippen molar-refractivity contribution < 1.29 is 27.3 Å². The molecule has 0 radical (unpaired) electrons. The number of hydrogen-bond acceptors (Lipinski definition) is 4. The Labute approximate surface area is 108 Å². The van der Waals surface area contributed by atoms with Crippen LogP contribution in [0.25, 0.3) is 0 Å². The minimum atomic E-state index is 0. The van der Waals surface area contributed by atoms with Gasteiger partial charge in [-0.15, -0.1) is 0 Å². The summed E-state index contributed by atoms with van der Waals surface area (Å²) in [5.41, 5.74) is 1.25. The second kappa shape index (κ2) is 8.11. The summed E-state index contributed by atoms with van der Waals surface area (Å²) in [6.07, 6.45) is 7.50. The maximum absolute atomic E-state index is 8.56. The number of quaternary nitrogens is 1. The summed E-state index contributed by atoms with van der Waals surface area (Å²) < 4.78 is 5.52. The highest BCUT2D eigenvalue weighted by Crippen LogP contribution is 1.93. The molecule has 17 heavy (non-hydrogen) atoms. The van der Waals surface area contributed by atoms with Gasteiger partial charge in [-0.2, -0.15) is 0 Å². The number of rotatable bonds is 5. The van der Waals surface area contributed by atoms with Gasteiger partial charge in [0.05, 0.1) is 12.8 Å². The number of nitrogens with one attached hydrogen (secondary N) is 1. The summed E-state index contributed by atoms with van der Waals surface area (Å²) in [5, 5.41) is 11.6. The molecule has 0 spiro atoms. The van der Waals surface area contributed by atoms with Gasteiger partial charge in [-0.1, -0.05) is 16.8 Å². The molecule has 1 aliphatic heterocycles. The summed E-state index contributed by atoms with van der Waals surface area (Å²) in [6, 6.07) is 0. The fourth-order valence-electron chi connectivity index (χ4n) is 1.47. The van der Waals surface area contributed by atoms with E-state index in [1.54, 1.807) is 0 Å². The molecule has 0 amide bonds. The molecule has 1 heterocycles. The van der Waals surface area contributed by atoms with Crippen LogP contribution in [0, 0.1) is 0 Å². The molecule has 0 fully saturated rings. The Balaban J connectivity index is 0.00000256. The quantitative estimate of drug-likeness (QED) is 0.183. The number of oxime groups is 1. The smallest absolute Gasteiger partial charge is 0.209 e. The lowest BCUT2D eigenvalue weighted by Crippen LogP contribution is -3.12. The molecular formula is C11H20ClN3O2. The first kappa shape index (κ1) is 16.0. The van der Waals surface area contributed by atoms with Crippen LogP contribution in [0.4, 0.5) is 0 Å². The van der Waals surface area contributed by atoms with E-state index in [9.17, 15) is 0 Å². The maximum Gasteiger partial charge on any atom is 0.209 e. The number of hydrogen-bond donors (Lipinski definition) is 2. The van der Waals surface area contributed by atoms with Crippen LogP contribution in [0.3, 0.4) is 0 Å². The lowest BCUT2D eigenvalue weighted by Gasteiger charge is -2.20. The zero-order valence-electron chi connectivity index (χ0n) is 10.4. The summed E-state index contributed by atoms with van der Waals surface area (Å²) in [5.74, 6) is 0. The molecule has 1 rings (SSSR count). The van der Waals surface area contributed by atoms with E-state index < -0.39 is 0 Å². The molecule has 0 aromatic carbocycles. The van der Waals surface area contributed by atoms with Crippen molar-refractivity contribution in [3.8, 4) is 0 Å². The van der Waals surface area contributed by atoms with Gasteiger partial charge < -0.3 is 27.3 Å². The molecule has 1 aliphatic rings. The fraction of sp³-hybridized carbons (Fsp3) is 0.545. The van der Waals surface area contributed by atoms with E-state index in [2.05, 4.69) is 5.16 Å². The number of nitrogens with zero attached hydrogens (tertiary/aromatic N) is 2. The Hall–Kier alpha value is -1.04. The van der Waals surface area contributed by atoms with Gasteiger partial charge in [0.2, 0.25) is 6.17 Å². The predicted molar refractivity (Wildman–Crippen MR) is 62.2 cm³/mol. The summed E-state index contributed by atoms with van der Waals surface area (Å²) in [7, 11) is 1.94. The molecule has 98 valence electrons. The lowest BCUT2D eigenvalue weighted by atomic mass is 10.3. The lowest BCUT2D eigenvalue weighted by molar-refractivity contribution is -0.885. The first-order chi connectivity index (χ1) is 7.65. The molecule has 6 heteroatoms. The van der Waals surface area contributed by atoms with E-state index >= 15 is 0 Å². The summed E-state index contributed by atoms with van der Waals surface area (Å²) >= 11 is 0. The third-order valence-electron chi connectivity index (χ3n) is 2.43. The van der Waals surface area contributed by atoms with Crippen LogP contribution in [0.1, 0.15) is 13.8 Å². The van der Waals surface area contributed by atoms with E-state index in [-0.39, 0.29) is 18.6 Å². The molecule has 0 saturated carbocycles. The third kappa shape index (κ3) is 5.21. The molecular weight excluding hydrogens is 242 g/mol. The molecule has 0 saturated heterocycles. The molecule has 0 bridgehead atoms. The van der Waals surface area contributed by atoms with Crippen molar-refractivity contribution in [1.82, 2.24) is 4.90 Å². The van der Waals surface area contributed by atoms with Gasteiger partial charge in [0.1, 0.15) is 12.4 Å². The van der Waals surface area contributed by atoms with Crippen LogP contribution >= 0.6 is 0 Å². The van der Waals surface area contributed by atoms with Crippen molar-refractivity contribution in [3.63, 3.8) is 0 Å². The van der Waals surface area contributed by atoms with Crippen molar-refractivity contribution >= 4 is 6.21 Å². The van der Waals surface area contributed by atoms with Crippen molar-refractivity contribution in [1.29, 1.82) is 0 Å². The maximum atomic E-state index is 8.56. The van der Waals surface area contributed by atoms with E-state index in [1.165, 1.54) is 11.8 Å². The van der Waals surface area contributed by atoms with Gasteiger partial charge in [-0.25, -0.2) is 0 Å². The summed E-state index contributed by atoms with van der Waals surface area (Å²) in [4.78, 5) is 3.07. The number of allylic oxidation sites excluding steroid dienone is 1. The van der Waals surface area contributed by atoms with Crippen LogP contribution in [-0.4, -0.2) is 42.9 Å². The fourth-order valence-corrected chi connectivity index (χ4v) is 1.47. The highest BCUT2D eigenvalue weighted by atomic mass is 35.5. The van der Waals surface area contributed by atoms with E-state index in [0.717, 1.165) is 4.90 Å². The number of halogens is 1. The first-order valence-electron chi connectivity index (χ1n) is 5.29. The first-order valence-corrected chi connectivity index (χ1v) is 5.29. The normalized spacial score (nSPS) is 22.9. The SMILES string of the molecule is CC(C)=CCOC[NH+]1C=CN(C)C1/C=N\O.[Cl-]. The van der Waals surface area contributed by atoms with Crippen LogP contribution < -0.4 is 17.3 Å². The van der Waals surface area contributed by atoms with Gasteiger partial charge in [-0.05, 0) is 13.8 Å². The number of ether oxygens (including phenoxy) is 1. The molecule has 2 atom stereocenters.